The lowest BCUT2D eigenvalue weighted by molar-refractivity contribution is 0.197. The highest BCUT2D eigenvalue weighted by Crippen LogP contribution is 2.38. The number of hydrogen-bond donors (Lipinski definition) is 2. The van der Waals surface area contributed by atoms with Gasteiger partial charge in [0.1, 0.15) is 5.82 Å². The standard InChI is InChI=1S/C25H38N4/c1-17(2)22-14-19(15-25-27-23-7-5-6-8-24(23)28-25)18(3)13-20(22)16-26-21-9-11-29(4)12-10-21/h5-8,13,17,19-22,26H,9-12,14-16H2,1-4H3,(H,27,28). The molecule has 4 rings (SSSR count). The Labute approximate surface area is 176 Å². The van der Waals surface area contributed by atoms with Crippen LogP contribution in [-0.2, 0) is 6.42 Å². The fraction of sp³-hybridized carbons (Fsp3) is 0.640. The van der Waals surface area contributed by atoms with Gasteiger partial charge in [-0.05, 0) is 82.1 Å². The summed E-state index contributed by atoms with van der Waals surface area (Å²) in [4.78, 5) is 10.8. The van der Waals surface area contributed by atoms with Crippen LogP contribution in [0.5, 0.6) is 0 Å². The van der Waals surface area contributed by atoms with Gasteiger partial charge in [0.05, 0.1) is 11.0 Å². The predicted octanol–water partition coefficient (Wildman–Crippen LogP) is 4.64. The largest absolute Gasteiger partial charge is 0.342 e. The summed E-state index contributed by atoms with van der Waals surface area (Å²) in [6, 6.07) is 9.06. The Morgan fingerprint density at radius 3 is 2.69 bits per heavy atom. The van der Waals surface area contributed by atoms with E-state index < -0.39 is 0 Å². The van der Waals surface area contributed by atoms with Gasteiger partial charge in [0, 0.05) is 19.0 Å². The maximum Gasteiger partial charge on any atom is 0.107 e. The Morgan fingerprint density at radius 1 is 1.21 bits per heavy atom. The maximum absolute atomic E-state index is 4.83. The van der Waals surface area contributed by atoms with Crippen molar-refractivity contribution in [2.75, 3.05) is 26.7 Å². The van der Waals surface area contributed by atoms with E-state index in [1.807, 2.05) is 0 Å². The number of H-pyrrole nitrogens is 1. The monoisotopic (exact) mass is 394 g/mol. The van der Waals surface area contributed by atoms with Crippen LogP contribution < -0.4 is 5.32 Å². The molecule has 0 spiro atoms. The first-order chi connectivity index (χ1) is 14.0. The molecular formula is C25H38N4. The summed E-state index contributed by atoms with van der Waals surface area (Å²) in [5.41, 5.74) is 3.79. The molecule has 4 heteroatoms. The number of imidazole rings is 1. The average molecular weight is 395 g/mol. The number of allylic oxidation sites excluding steroid dienone is 1. The number of benzene rings is 1. The van der Waals surface area contributed by atoms with Crippen LogP contribution in [0.1, 0.15) is 45.9 Å². The van der Waals surface area contributed by atoms with Crippen LogP contribution in [0.2, 0.25) is 0 Å². The number of nitrogens with one attached hydrogen (secondary N) is 2. The van der Waals surface area contributed by atoms with Gasteiger partial charge in [-0.25, -0.2) is 4.98 Å². The van der Waals surface area contributed by atoms with E-state index >= 15 is 0 Å². The molecule has 0 amide bonds. The average Bonchev–Trinajstić information content (AvgIpc) is 3.11. The van der Waals surface area contributed by atoms with E-state index in [0.717, 1.165) is 35.7 Å². The molecule has 1 fully saturated rings. The molecule has 2 aliphatic rings. The fourth-order valence-electron chi connectivity index (χ4n) is 5.36. The van der Waals surface area contributed by atoms with Gasteiger partial charge < -0.3 is 15.2 Å². The van der Waals surface area contributed by atoms with Crippen molar-refractivity contribution >= 4 is 11.0 Å². The van der Waals surface area contributed by atoms with Crippen LogP contribution in [0, 0.1) is 23.7 Å². The van der Waals surface area contributed by atoms with Crippen molar-refractivity contribution < 1.29 is 0 Å². The van der Waals surface area contributed by atoms with Crippen LogP contribution in [0.15, 0.2) is 35.9 Å². The number of likely N-dealkylation sites (tertiary alicyclic amines) is 1. The normalized spacial score (nSPS) is 26.9. The van der Waals surface area contributed by atoms with Crippen LogP contribution >= 0.6 is 0 Å². The van der Waals surface area contributed by atoms with Crippen LogP contribution in [-0.4, -0.2) is 47.6 Å². The second kappa shape index (κ2) is 9.01. The zero-order chi connectivity index (χ0) is 20.4. The van der Waals surface area contributed by atoms with Crippen molar-refractivity contribution in [2.45, 2.75) is 52.5 Å². The molecule has 2 N–H and O–H groups in total. The number of piperidine rings is 1. The van der Waals surface area contributed by atoms with E-state index in [1.165, 1.54) is 32.4 Å². The molecule has 1 aromatic carbocycles. The van der Waals surface area contributed by atoms with Gasteiger partial charge in [-0.2, -0.15) is 0 Å². The molecule has 4 nitrogen and oxygen atoms in total. The summed E-state index contributed by atoms with van der Waals surface area (Å²) < 4.78 is 0. The molecule has 1 aliphatic carbocycles. The molecule has 2 aromatic rings. The minimum Gasteiger partial charge on any atom is -0.342 e. The zero-order valence-corrected chi connectivity index (χ0v) is 18.6. The second-order valence-corrected chi connectivity index (χ2v) is 9.81. The summed E-state index contributed by atoms with van der Waals surface area (Å²) in [7, 11) is 2.24. The maximum atomic E-state index is 4.83. The SMILES string of the molecule is CC1=CC(CNC2CCN(C)CC2)C(C(C)C)CC1Cc1nc2ccccc2[nH]1. The number of aromatic nitrogens is 2. The number of rotatable bonds is 6. The number of aromatic amines is 1. The summed E-state index contributed by atoms with van der Waals surface area (Å²) >= 11 is 0. The lowest BCUT2D eigenvalue weighted by atomic mass is 9.69. The molecule has 158 valence electrons. The summed E-state index contributed by atoms with van der Waals surface area (Å²) in [6.07, 6.45) is 7.45. The minimum absolute atomic E-state index is 0.600. The Hall–Kier alpha value is -1.65. The third-order valence-corrected chi connectivity index (χ3v) is 7.32. The topological polar surface area (TPSA) is 44.0 Å². The quantitative estimate of drug-likeness (QED) is 0.701. The first-order valence-electron chi connectivity index (χ1n) is 11.5. The molecule has 3 atom stereocenters. The van der Waals surface area contributed by atoms with E-state index in [2.05, 4.69) is 73.4 Å². The minimum atomic E-state index is 0.600. The van der Waals surface area contributed by atoms with Crippen molar-refractivity contribution in [1.82, 2.24) is 20.2 Å². The van der Waals surface area contributed by atoms with Gasteiger partial charge in [0.2, 0.25) is 0 Å². The van der Waals surface area contributed by atoms with E-state index in [9.17, 15) is 0 Å². The van der Waals surface area contributed by atoms with Crippen molar-refractivity contribution in [3.8, 4) is 0 Å². The second-order valence-electron chi connectivity index (χ2n) is 9.81. The first-order valence-corrected chi connectivity index (χ1v) is 11.5. The summed E-state index contributed by atoms with van der Waals surface area (Å²) in [5, 5.41) is 3.91. The molecule has 0 saturated carbocycles. The van der Waals surface area contributed by atoms with Crippen molar-refractivity contribution in [3.05, 3.63) is 41.7 Å². The highest BCUT2D eigenvalue weighted by atomic mass is 15.1. The number of fused-ring (bicyclic) bond motifs is 1. The van der Waals surface area contributed by atoms with Gasteiger partial charge in [-0.3, -0.25) is 0 Å². The smallest absolute Gasteiger partial charge is 0.107 e. The van der Waals surface area contributed by atoms with E-state index in [0.29, 0.717) is 23.8 Å². The van der Waals surface area contributed by atoms with Crippen molar-refractivity contribution in [2.24, 2.45) is 23.7 Å². The Bertz CT molecular complexity index is 795. The molecule has 1 aromatic heterocycles. The number of para-hydroxylation sites is 2. The molecule has 3 unspecified atom stereocenters. The van der Waals surface area contributed by atoms with Gasteiger partial charge in [0.15, 0.2) is 0 Å². The van der Waals surface area contributed by atoms with Gasteiger partial charge >= 0.3 is 0 Å². The zero-order valence-electron chi connectivity index (χ0n) is 18.6. The molecule has 2 heterocycles. The van der Waals surface area contributed by atoms with Crippen LogP contribution in [0.25, 0.3) is 11.0 Å². The van der Waals surface area contributed by atoms with E-state index in [4.69, 9.17) is 4.98 Å². The lowest BCUT2D eigenvalue weighted by Crippen LogP contribution is -2.44. The van der Waals surface area contributed by atoms with E-state index in [-0.39, 0.29) is 0 Å². The summed E-state index contributed by atoms with van der Waals surface area (Å²) in [5.74, 6) is 3.84. The third-order valence-electron chi connectivity index (χ3n) is 7.32. The highest BCUT2D eigenvalue weighted by molar-refractivity contribution is 5.74. The number of hydrogen-bond acceptors (Lipinski definition) is 3. The number of nitrogens with zero attached hydrogens (tertiary/aromatic N) is 2. The van der Waals surface area contributed by atoms with Gasteiger partial charge in [0.25, 0.3) is 0 Å². The highest BCUT2D eigenvalue weighted by Gasteiger charge is 2.32. The fourth-order valence-corrected chi connectivity index (χ4v) is 5.36. The van der Waals surface area contributed by atoms with Gasteiger partial charge in [-0.15, -0.1) is 0 Å². The molecule has 0 radical (unpaired) electrons. The third kappa shape index (κ3) is 4.92. The molecule has 29 heavy (non-hydrogen) atoms. The summed E-state index contributed by atoms with van der Waals surface area (Å²) in [6.45, 7) is 10.7. The van der Waals surface area contributed by atoms with Crippen LogP contribution in [0.4, 0.5) is 0 Å². The molecular weight excluding hydrogens is 356 g/mol. The van der Waals surface area contributed by atoms with E-state index in [1.54, 1.807) is 5.57 Å². The van der Waals surface area contributed by atoms with Crippen molar-refractivity contribution in [1.29, 1.82) is 0 Å². The lowest BCUT2D eigenvalue weighted by Gasteiger charge is -2.38. The molecule has 1 aliphatic heterocycles. The Balaban J connectivity index is 1.42. The Morgan fingerprint density at radius 2 is 1.97 bits per heavy atom. The van der Waals surface area contributed by atoms with Gasteiger partial charge in [-0.1, -0.05) is 37.6 Å². The molecule has 0 bridgehead atoms. The predicted molar refractivity (Wildman–Crippen MR) is 122 cm³/mol. The van der Waals surface area contributed by atoms with Crippen molar-refractivity contribution in [3.63, 3.8) is 0 Å². The Kier molecular flexibility index (Phi) is 6.41. The molecule has 1 saturated heterocycles. The van der Waals surface area contributed by atoms with Crippen LogP contribution in [0.3, 0.4) is 0 Å². The first kappa shape index (κ1) is 20.6.